The first-order chi connectivity index (χ1) is 8.65. The number of carbonyl (C=O) groups excluding carboxylic acids is 1. The SMILES string of the molecule is COCCN(CC(=O)O)C(=O)N1CCCCCC1. The van der Waals surface area contributed by atoms with E-state index < -0.39 is 5.97 Å². The van der Waals surface area contributed by atoms with Crippen molar-refractivity contribution in [2.45, 2.75) is 25.7 Å². The van der Waals surface area contributed by atoms with E-state index in [1.807, 2.05) is 0 Å². The smallest absolute Gasteiger partial charge is 0.323 e. The fourth-order valence-corrected chi connectivity index (χ4v) is 2.07. The first-order valence-corrected chi connectivity index (χ1v) is 6.39. The molecule has 6 nitrogen and oxygen atoms in total. The van der Waals surface area contributed by atoms with Gasteiger partial charge in [-0.3, -0.25) is 4.79 Å². The number of hydrogen-bond acceptors (Lipinski definition) is 3. The van der Waals surface area contributed by atoms with Crippen LogP contribution in [0.2, 0.25) is 0 Å². The number of aliphatic carboxylic acids is 1. The minimum Gasteiger partial charge on any atom is -0.480 e. The molecule has 2 amide bonds. The molecule has 0 aromatic carbocycles. The Bertz CT molecular complexity index is 275. The fourth-order valence-electron chi connectivity index (χ4n) is 2.07. The van der Waals surface area contributed by atoms with E-state index in [1.165, 1.54) is 12.0 Å². The van der Waals surface area contributed by atoms with E-state index in [0.29, 0.717) is 13.2 Å². The van der Waals surface area contributed by atoms with E-state index >= 15 is 0 Å². The van der Waals surface area contributed by atoms with E-state index in [-0.39, 0.29) is 12.6 Å². The van der Waals surface area contributed by atoms with Gasteiger partial charge in [0.2, 0.25) is 0 Å². The topological polar surface area (TPSA) is 70.1 Å². The minimum atomic E-state index is -0.991. The summed E-state index contributed by atoms with van der Waals surface area (Å²) < 4.78 is 4.91. The van der Waals surface area contributed by atoms with Crippen LogP contribution in [0.25, 0.3) is 0 Å². The number of nitrogens with zero attached hydrogens (tertiary/aromatic N) is 2. The van der Waals surface area contributed by atoms with Crippen molar-refractivity contribution in [3.8, 4) is 0 Å². The lowest BCUT2D eigenvalue weighted by atomic mass is 10.2. The molecule has 0 bridgehead atoms. The number of methoxy groups -OCH3 is 1. The second kappa shape index (κ2) is 7.92. The van der Waals surface area contributed by atoms with Crippen molar-refractivity contribution in [3.63, 3.8) is 0 Å². The third-order valence-corrected chi connectivity index (χ3v) is 3.04. The molecule has 6 heteroatoms. The predicted molar refractivity (Wildman–Crippen MR) is 66.5 cm³/mol. The molecule has 1 aliphatic rings. The van der Waals surface area contributed by atoms with Gasteiger partial charge in [0.15, 0.2) is 0 Å². The zero-order chi connectivity index (χ0) is 13.4. The summed E-state index contributed by atoms with van der Waals surface area (Å²) in [6.07, 6.45) is 4.27. The Labute approximate surface area is 107 Å². The van der Waals surface area contributed by atoms with E-state index in [2.05, 4.69) is 0 Å². The lowest BCUT2D eigenvalue weighted by molar-refractivity contribution is -0.137. The highest BCUT2D eigenvalue weighted by Crippen LogP contribution is 2.11. The van der Waals surface area contributed by atoms with Crippen molar-refractivity contribution in [1.82, 2.24) is 9.80 Å². The van der Waals surface area contributed by atoms with Gasteiger partial charge in [-0.05, 0) is 12.8 Å². The first kappa shape index (κ1) is 14.8. The van der Waals surface area contributed by atoms with Gasteiger partial charge in [-0.2, -0.15) is 0 Å². The predicted octanol–water partition coefficient (Wildman–Crippen LogP) is 1.02. The molecule has 1 fully saturated rings. The maximum absolute atomic E-state index is 12.2. The number of urea groups is 1. The van der Waals surface area contributed by atoms with Gasteiger partial charge in [0.25, 0.3) is 0 Å². The molecule has 1 heterocycles. The molecule has 0 aliphatic carbocycles. The maximum Gasteiger partial charge on any atom is 0.323 e. The Morgan fingerprint density at radius 1 is 1.22 bits per heavy atom. The zero-order valence-corrected chi connectivity index (χ0v) is 10.9. The van der Waals surface area contributed by atoms with Crippen LogP contribution < -0.4 is 0 Å². The van der Waals surface area contributed by atoms with Crippen LogP contribution >= 0.6 is 0 Å². The quantitative estimate of drug-likeness (QED) is 0.799. The van der Waals surface area contributed by atoms with Crippen LogP contribution in [0.5, 0.6) is 0 Å². The number of amides is 2. The lowest BCUT2D eigenvalue weighted by Gasteiger charge is -2.28. The third-order valence-electron chi connectivity index (χ3n) is 3.04. The Kier molecular flexibility index (Phi) is 6.49. The highest BCUT2D eigenvalue weighted by Gasteiger charge is 2.23. The summed E-state index contributed by atoms with van der Waals surface area (Å²) in [5.74, 6) is -0.991. The van der Waals surface area contributed by atoms with Crippen molar-refractivity contribution in [3.05, 3.63) is 0 Å². The summed E-state index contributed by atoms with van der Waals surface area (Å²) in [4.78, 5) is 26.1. The van der Waals surface area contributed by atoms with Crippen molar-refractivity contribution < 1.29 is 19.4 Å². The van der Waals surface area contributed by atoms with Crippen molar-refractivity contribution >= 4 is 12.0 Å². The van der Waals surface area contributed by atoms with Crippen LogP contribution in [0.3, 0.4) is 0 Å². The molecule has 0 spiro atoms. The summed E-state index contributed by atoms with van der Waals surface area (Å²) in [5, 5.41) is 8.83. The van der Waals surface area contributed by atoms with Gasteiger partial charge in [0, 0.05) is 26.7 Å². The summed E-state index contributed by atoms with van der Waals surface area (Å²) in [5.41, 5.74) is 0. The zero-order valence-electron chi connectivity index (χ0n) is 10.9. The average Bonchev–Trinajstić information content (AvgIpc) is 2.61. The molecule has 1 rings (SSSR count). The van der Waals surface area contributed by atoms with E-state index in [1.54, 1.807) is 4.90 Å². The Morgan fingerprint density at radius 3 is 2.33 bits per heavy atom. The molecule has 0 aromatic rings. The molecule has 1 N–H and O–H groups in total. The third kappa shape index (κ3) is 4.91. The van der Waals surface area contributed by atoms with Crippen molar-refractivity contribution in [2.75, 3.05) is 39.9 Å². The van der Waals surface area contributed by atoms with Crippen LogP contribution in [0, 0.1) is 0 Å². The molecule has 0 radical (unpaired) electrons. The summed E-state index contributed by atoms with van der Waals surface area (Å²) >= 11 is 0. The van der Waals surface area contributed by atoms with Gasteiger partial charge in [0.1, 0.15) is 6.54 Å². The van der Waals surface area contributed by atoms with E-state index in [9.17, 15) is 9.59 Å². The second-order valence-corrected chi connectivity index (χ2v) is 4.49. The summed E-state index contributed by atoms with van der Waals surface area (Å²) in [6.45, 7) is 1.85. The van der Waals surface area contributed by atoms with Gasteiger partial charge in [0.05, 0.1) is 6.61 Å². The summed E-state index contributed by atoms with van der Waals surface area (Å²) in [7, 11) is 1.54. The normalized spacial score (nSPS) is 16.2. The molecule has 18 heavy (non-hydrogen) atoms. The second-order valence-electron chi connectivity index (χ2n) is 4.49. The van der Waals surface area contributed by atoms with Crippen LogP contribution in [-0.2, 0) is 9.53 Å². The highest BCUT2D eigenvalue weighted by atomic mass is 16.5. The van der Waals surface area contributed by atoms with Crippen LogP contribution in [0.4, 0.5) is 4.79 Å². The van der Waals surface area contributed by atoms with Crippen LogP contribution in [0.15, 0.2) is 0 Å². The number of hydrogen-bond donors (Lipinski definition) is 1. The first-order valence-electron chi connectivity index (χ1n) is 6.39. The minimum absolute atomic E-state index is 0.184. The van der Waals surface area contributed by atoms with Gasteiger partial charge < -0.3 is 19.6 Å². The number of carbonyl (C=O) groups is 2. The van der Waals surface area contributed by atoms with Gasteiger partial charge in [-0.25, -0.2) is 4.79 Å². The Morgan fingerprint density at radius 2 is 1.83 bits per heavy atom. The fraction of sp³-hybridized carbons (Fsp3) is 0.833. The molecular formula is C12H22N2O4. The van der Waals surface area contributed by atoms with Gasteiger partial charge in [-0.1, -0.05) is 12.8 Å². The number of carboxylic acid groups (broad SMARTS) is 1. The Balaban J connectivity index is 2.57. The number of likely N-dealkylation sites (tertiary alicyclic amines) is 1. The van der Waals surface area contributed by atoms with Crippen LogP contribution in [0.1, 0.15) is 25.7 Å². The van der Waals surface area contributed by atoms with Crippen LogP contribution in [-0.4, -0.2) is 66.8 Å². The number of ether oxygens (including phenoxy) is 1. The standard InChI is InChI=1S/C12H22N2O4/c1-18-9-8-14(10-11(15)16)12(17)13-6-4-2-3-5-7-13/h2-10H2,1H3,(H,15,16). The van der Waals surface area contributed by atoms with Gasteiger partial charge in [-0.15, -0.1) is 0 Å². The molecule has 0 atom stereocenters. The van der Waals surface area contributed by atoms with E-state index in [4.69, 9.17) is 9.84 Å². The molecule has 0 saturated carbocycles. The lowest BCUT2D eigenvalue weighted by Crippen LogP contribution is -2.47. The number of carboxylic acids is 1. The average molecular weight is 258 g/mol. The Hall–Kier alpha value is -1.30. The van der Waals surface area contributed by atoms with E-state index in [0.717, 1.165) is 38.8 Å². The monoisotopic (exact) mass is 258 g/mol. The molecular weight excluding hydrogens is 236 g/mol. The van der Waals surface area contributed by atoms with Crippen molar-refractivity contribution in [1.29, 1.82) is 0 Å². The maximum atomic E-state index is 12.2. The molecule has 0 aromatic heterocycles. The molecule has 1 saturated heterocycles. The largest absolute Gasteiger partial charge is 0.480 e. The molecule has 1 aliphatic heterocycles. The molecule has 0 unspecified atom stereocenters. The summed E-state index contributed by atoms with van der Waals surface area (Å²) in [6, 6.07) is -0.184. The van der Waals surface area contributed by atoms with Crippen molar-refractivity contribution in [2.24, 2.45) is 0 Å². The number of rotatable bonds is 5. The highest BCUT2D eigenvalue weighted by molar-refractivity contribution is 5.80. The molecule has 104 valence electrons. The van der Waals surface area contributed by atoms with Gasteiger partial charge >= 0.3 is 12.0 Å².